The number of hydrogen-bond acceptors (Lipinski definition) is 4. The Kier molecular flexibility index (Phi) is 4.70. The van der Waals surface area contributed by atoms with Crippen molar-refractivity contribution >= 4 is 28.5 Å². The number of fused-ring (bicyclic) bond motifs is 11. The van der Waals surface area contributed by atoms with Gasteiger partial charge in [0.2, 0.25) is 11.8 Å². The fourth-order valence-corrected chi connectivity index (χ4v) is 10.1. The predicted molar refractivity (Wildman–Crippen MR) is 130 cm³/mol. The summed E-state index contributed by atoms with van der Waals surface area (Å²) in [6.07, 6.45) is -5.90. The smallest absolute Gasteiger partial charge is 0.362 e. The molecule has 4 nitrogen and oxygen atoms in total. The van der Waals surface area contributed by atoms with E-state index in [9.17, 15) is 35.9 Å². The first-order chi connectivity index (χ1) is 18.0. The minimum Gasteiger partial charge on any atom is -0.362 e. The van der Waals surface area contributed by atoms with Gasteiger partial charge in [0.25, 0.3) is 0 Å². The summed E-state index contributed by atoms with van der Waals surface area (Å²) in [6, 6.07) is 1.67. The maximum absolute atomic E-state index is 13.6. The van der Waals surface area contributed by atoms with Crippen molar-refractivity contribution in [3.63, 3.8) is 0 Å². The molecule has 39 heavy (non-hydrogen) atoms. The van der Waals surface area contributed by atoms with Gasteiger partial charge < -0.3 is 4.74 Å². The highest BCUT2D eigenvalue weighted by molar-refractivity contribution is 8.10. The first-order valence-electron chi connectivity index (χ1n) is 12.7. The molecule has 1 aromatic carbocycles. The van der Waals surface area contributed by atoms with Crippen molar-refractivity contribution in [1.82, 2.24) is 5.32 Å². The van der Waals surface area contributed by atoms with E-state index in [2.05, 4.69) is 5.32 Å². The average Bonchev–Trinajstić information content (AvgIpc) is 3.58. The lowest BCUT2D eigenvalue weighted by atomic mass is 9.54. The molecule has 0 radical (unpaired) electrons. The van der Waals surface area contributed by atoms with Crippen LogP contribution in [-0.4, -0.2) is 27.8 Å². The van der Waals surface area contributed by atoms with Crippen molar-refractivity contribution in [2.75, 3.05) is 0 Å². The number of ether oxygens (including phenoxy) is 1. The van der Waals surface area contributed by atoms with Gasteiger partial charge in [0.15, 0.2) is 0 Å². The van der Waals surface area contributed by atoms with Crippen LogP contribution in [0.2, 0.25) is 0 Å². The van der Waals surface area contributed by atoms with E-state index in [-0.39, 0.29) is 17.5 Å². The maximum Gasteiger partial charge on any atom is 0.416 e. The molecule has 4 unspecified atom stereocenters. The number of nitrogens with one attached hydrogen (secondary N) is 1. The fourth-order valence-electron chi connectivity index (χ4n) is 8.42. The molecular formula is C28H23F6NO3S. The minimum absolute atomic E-state index is 0.135. The van der Waals surface area contributed by atoms with Gasteiger partial charge >= 0.3 is 12.4 Å². The molecule has 0 spiro atoms. The average molecular weight is 568 g/mol. The number of halogens is 6. The number of amides is 2. The Morgan fingerprint density at radius 2 is 1.49 bits per heavy atom. The van der Waals surface area contributed by atoms with Crippen LogP contribution in [0.4, 0.5) is 26.3 Å². The second-order valence-electron chi connectivity index (χ2n) is 11.8. The van der Waals surface area contributed by atoms with Gasteiger partial charge in [0.05, 0.1) is 33.3 Å². The number of alkyl halides is 6. The highest BCUT2D eigenvalue weighted by atomic mass is 32.2. The highest BCUT2D eigenvalue weighted by Crippen LogP contribution is 2.74. The zero-order valence-corrected chi connectivity index (χ0v) is 21.9. The third-order valence-corrected chi connectivity index (χ3v) is 11.1. The molecule has 1 aromatic rings. The molecule has 7 rings (SSSR count). The molecule has 4 heterocycles. The quantitative estimate of drug-likeness (QED) is 0.314. The second kappa shape index (κ2) is 7.21. The van der Waals surface area contributed by atoms with Gasteiger partial charge in [0.1, 0.15) is 5.60 Å². The zero-order valence-electron chi connectivity index (χ0n) is 21.1. The highest BCUT2D eigenvalue weighted by Gasteiger charge is 2.80. The fraction of sp³-hybridized carbons (Fsp3) is 0.500. The van der Waals surface area contributed by atoms with E-state index in [1.165, 1.54) is 11.8 Å². The van der Waals surface area contributed by atoms with E-state index in [4.69, 9.17) is 4.74 Å². The summed E-state index contributed by atoms with van der Waals surface area (Å²) in [4.78, 5) is 26.2. The topological polar surface area (TPSA) is 55.4 Å². The Hall–Kier alpha value is -2.53. The van der Waals surface area contributed by atoms with Gasteiger partial charge in [-0.2, -0.15) is 26.3 Å². The molecular weight excluding hydrogens is 544 g/mol. The third kappa shape index (κ3) is 3.03. The molecule has 11 heteroatoms. The molecule has 6 aliphatic rings. The third-order valence-electron chi connectivity index (χ3n) is 9.61. The Morgan fingerprint density at radius 1 is 0.897 bits per heavy atom. The van der Waals surface area contributed by atoms with E-state index in [0.29, 0.717) is 11.3 Å². The number of thioether (sulfide) groups is 1. The predicted octanol–water partition coefficient (Wildman–Crippen LogP) is 6.43. The van der Waals surface area contributed by atoms with Crippen LogP contribution >= 0.6 is 11.8 Å². The number of carbonyl (C=O) groups excluding carboxylic acids is 2. The zero-order chi connectivity index (χ0) is 28.1. The van der Waals surface area contributed by atoms with Crippen molar-refractivity contribution in [1.29, 1.82) is 0 Å². The molecule has 4 aliphatic heterocycles. The van der Waals surface area contributed by atoms with E-state index < -0.39 is 63.1 Å². The Morgan fingerprint density at radius 3 is 2.10 bits per heavy atom. The molecule has 2 bridgehead atoms. The summed E-state index contributed by atoms with van der Waals surface area (Å²) in [5.74, 6) is -2.59. The molecule has 1 N–H and O–H groups in total. The van der Waals surface area contributed by atoms with Gasteiger partial charge in [-0.15, -0.1) is 11.8 Å². The summed E-state index contributed by atoms with van der Waals surface area (Å²) in [5, 5.41) is 2.46. The van der Waals surface area contributed by atoms with Crippen LogP contribution in [0.15, 0.2) is 46.6 Å². The van der Waals surface area contributed by atoms with Crippen molar-refractivity contribution in [3.8, 4) is 0 Å². The number of carbonyl (C=O) groups is 2. The van der Waals surface area contributed by atoms with Crippen LogP contribution in [0, 0.1) is 17.8 Å². The second-order valence-corrected chi connectivity index (χ2v) is 13.3. The number of hydrogen-bond donors (Lipinski definition) is 1. The van der Waals surface area contributed by atoms with Crippen LogP contribution in [0.3, 0.4) is 0 Å². The van der Waals surface area contributed by atoms with Crippen molar-refractivity contribution in [2.45, 2.75) is 68.3 Å². The van der Waals surface area contributed by atoms with E-state index in [1.807, 2.05) is 20.8 Å². The van der Waals surface area contributed by atoms with Gasteiger partial charge in [0, 0.05) is 10.8 Å². The van der Waals surface area contributed by atoms with Gasteiger partial charge in [-0.25, -0.2) is 0 Å². The van der Waals surface area contributed by atoms with Crippen molar-refractivity contribution in [3.05, 3.63) is 63.3 Å². The lowest BCUT2D eigenvalue weighted by molar-refractivity contribution is -0.143. The van der Waals surface area contributed by atoms with Crippen molar-refractivity contribution < 1.29 is 40.7 Å². The van der Waals surface area contributed by atoms with E-state index in [1.54, 1.807) is 6.08 Å². The van der Waals surface area contributed by atoms with Crippen LogP contribution in [-0.2, 0) is 26.7 Å². The Labute approximate surface area is 223 Å². The van der Waals surface area contributed by atoms with Crippen LogP contribution < -0.4 is 5.32 Å². The summed E-state index contributed by atoms with van der Waals surface area (Å²) in [6.45, 7) is 5.60. The molecule has 1 saturated carbocycles. The molecule has 3 saturated heterocycles. The van der Waals surface area contributed by atoms with Gasteiger partial charge in [-0.1, -0.05) is 0 Å². The summed E-state index contributed by atoms with van der Waals surface area (Å²) in [7, 11) is 0. The summed E-state index contributed by atoms with van der Waals surface area (Å²) < 4.78 is 87.7. The molecule has 206 valence electrons. The van der Waals surface area contributed by atoms with Crippen molar-refractivity contribution in [2.24, 2.45) is 17.8 Å². The lowest BCUT2D eigenvalue weighted by Crippen LogP contribution is -2.55. The number of rotatable bonds is 1. The first kappa shape index (κ1) is 25.4. The van der Waals surface area contributed by atoms with Gasteiger partial charge in [-0.05, 0) is 92.2 Å². The molecule has 2 aliphatic carbocycles. The van der Waals surface area contributed by atoms with Crippen LogP contribution in [0.5, 0.6) is 0 Å². The first-order valence-corrected chi connectivity index (χ1v) is 13.5. The number of imide groups is 1. The Balaban J connectivity index is 1.42. The number of allylic oxidation sites excluding steroid dienone is 3. The molecule has 0 aromatic heterocycles. The van der Waals surface area contributed by atoms with Crippen LogP contribution in [0.1, 0.15) is 56.7 Å². The van der Waals surface area contributed by atoms with Crippen LogP contribution in [0.25, 0.3) is 4.91 Å². The maximum atomic E-state index is 13.6. The van der Waals surface area contributed by atoms with E-state index in [0.717, 1.165) is 47.3 Å². The van der Waals surface area contributed by atoms with E-state index >= 15 is 0 Å². The summed E-state index contributed by atoms with van der Waals surface area (Å²) >= 11 is 1.22. The number of benzene rings is 1. The molecule has 6 atom stereocenters. The lowest BCUT2D eigenvalue weighted by Gasteiger charge is -2.49. The molecule has 2 amide bonds. The van der Waals surface area contributed by atoms with Gasteiger partial charge in [-0.3, -0.25) is 14.9 Å². The standard InChI is InChI=1S/C28H23F6NO3S/c1-24-18-15-6-4-5-14(15)16-10-17(11-7-12(27(29,30)31)9-13(8-11)28(32,33)34)39-26(16,3)21(18)25(2,38-24)20-19(24)22(36)35-23(20)37/h7-10,19-21H,4-6H2,1-3H3,(H,35,36,37)/t19?,20?,21?,24-,25-,26?/m0/s1. The largest absolute Gasteiger partial charge is 0.416 e. The monoisotopic (exact) mass is 567 g/mol. The Bertz CT molecular complexity index is 1470. The molecule has 4 fully saturated rings. The normalized spacial score (nSPS) is 38.7. The minimum atomic E-state index is -4.95. The SMILES string of the molecule is CC12SC(c3cc(C(F)(F)F)cc(C(F)(F)F)c3)=CC1=C1CCCC1=C1C2[C@@]2(C)O[C@]1(C)C1C(=O)NC(=O)C12. The summed E-state index contributed by atoms with van der Waals surface area (Å²) in [5.41, 5.74) is -1.08.